The summed E-state index contributed by atoms with van der Waals surface area (Å²) in [5.41, 5.74) is 10.5. The van der Waals surface area contributed by atoms with Crippen molar-refractivity contribution < 1.29 is 4.74 Å². The summed E-state index contributed by atoms with van der Waals surface area (Å²) in [7, 11) is 1.78. The molecule has 2 heterocycles. The van der Waals surface area contributed by atoms with Crippen molar-refractivity contribution in [1.82, 2.24) is 9.97 Å². The molecule has 0 aliphatic heterocycles. The zero-order chi connectivity index (χ0) is 18.3. The first kappa shape index (κ1) is 16.9. The number of aryl methyl sites for hydroxylation is 2. The molecular formula is C19H21N5OS. The molecule has 134 valence electrons. The number of ether oxygens (including phenoxy) is 1. The molecule has 4 N–H and O–H groups in total. The Balaban J connectivity index is 1.79. The van der Waals surface area contributed by atoms with Crippen molar-refractivity contribution in [2.24, 2.45) is 0 Å². The minimum absolute atomic E-state index is 0.287. The Bertz CT molecular complexity index is 997. The van der Waals surface area contributed by atoms with Crippen LogP contribution in [0.25, 0.3) is 10.2 Å². The molecule has 26 heavy (non-hydrogen) atoms. The lowest BCUT2D eigenvalue weighted by Gasteiger charge is -2.21. The van der Waals surface area contributed by atoms with Gasteiger partial charge in [0.15, 0.2) is 0 Å². The van der Waals surface area contributed by atoms with Gasteiger partial charge in [-0.2, -0.15) is 0 Å². The van der Waals surface area contributed by atoms with Crippen LogP contribution < -0.4 is 11.1 Å². The number of hydrogen-bond donors (Lipinski definition) is 3. The molecular weight excluding hydrogens is 346 g/mol. The van der Waals surface area contributed by atoms with E-state index in [0.717, 1.165) is 46.5 Å². The maximum absolute atomic E-state index is 7.53. The Morgan fingerprint density at radius 2 is 2.23 bits per heavy atom. The normalized spacial score (nSPS) is 16.5. The number of hydrogen-bond acceptors (Lipinski definition) is 7. The molecule has 0 radical (unpaired) electrons. The van der Waals surface area contributed by atoms with E-state index in [9.17, 15) is 0 Å². The SMILES string of the molecule is COC1CCc2c(sc3ncnc(Nc4cc(C=N)c(N)cc4C)c23)C1. The monoisotopic (exact) mass is 367 g/mol. The predicted molar refractivity (Wildman–Crippen MR) is 107 cm³/mol. The second-order valence-corrected chi connectivity index (χ2v) is 7.66. The highest BCUT2D eigenvalue weighted by atomic mass is 32.1. The molecule has 0 saturated carbocycles. The van der Waals surface area contributed by atoms with Crippen molar-refractivity contribution in [3.63, 3.8) is 0 Å². The van der Waals surface area contributed by atoms with E-state index in [-0.39, 0.29) is 6.10 Å². The zero-order valence-electron chi connectivity index (χ0n) is 14.8. The van der Waals surface area contributed by atoms with Crippen LogP contribution in [0.2, 0.25) is 0 Å². The maximum atomic E-state index is 7.53. The van der Waals surface area contributed by atoms with Gasteiger partial charge in [0.25, 0.3) is 0 Å². The van der Waals surface area contributed by atoms with Crippen molar-refractivity contribution in [2.45, 2.75) is 32.3 Å². The van der Waals surface area contributed by atoms with Gasteiger partial charge in [-0.3, -0.25) is 0 Å². The van der Waals surface area contributed by atoms with Gasteiger partial charge in [-0.1, -0.05) is 0 Å². The van der Waals surface area contributed by atoms with E-state index in [4.69, 9.17) is 15.9 Å². The summed E-state index contributed by atoms with van der Waals surface area (Å²) in [6.07, 6.45) is 6.09. The van der Waals surface area contributed by atoms with Crippen molar-refractivity contribution in [3.8, 4) is 0 Å². The number of rotatable bonds is 4. The van der Waals surface area contributed by atoms with Gasteiger partial charge in [0, 0.05) is 41.6 Å². The van der Waals surface area contributed by atoms with Crippen LogP contribution >= 0.6 is 11.3 Å². The lowest BCUT2D eigenvalue weighted by atomic mass is 9.94. The van der Waals surface area contributed by atoms with Crippen LogP contribution in [0.15, 0.2) is 18.5 Å². The fourth-order valence-corrected chi connectivity index (χ4v) is 4.76. The summed E-state index contributed by atoms with van der Waals surface area (Å²) in [6.45, 7) is 2.00. The van der Waals surface area contributed by atoms with Crippen LogP contribution in [0.5, 0.6) is 0 Å². The molecule has 6 nitrogen and oxygen atoms in total. The number of fused-ring (bicyclic) bond motifs is 3. The van der Waals surface area contributed by atoms with E-state index in [0.29, 0.717) is 11.3 Å². The van der Waals surface area contributed by atoms with Gasteiger partial charge in [0.05, 0.1) is 11.5 Å². The van der Waals surface area contributed by atoms with Crippen molar-refractivity contribution >= 4 is 45.0 Å². The highest BCUT2D eigenvalue weighted by molar-refractivity contribution is 7.19. The molecule has 1 aromatic carbocycles. The fourth-order valence-electron chi connectivity index (χ4n) is 3.51. The number of thiophene rings is 1. The number of nitrogen functional groups attached to an aromatic ring is 1. The number of nitrogens with zero attached hydrogens (tertiary/aromatic N) is 2. The molecule has 2 aromatic heterocycles. The smallest absolute Gasteiger partial charge is 0.142 e. The van der Waals surface area contributed by atoms with Gasteiger partial charge >= 0.3 is 0 Å². The number of benzene rings is 1. The van der Waals surface area contributed by atoms with Gasteiger partial charge in [0.2, 0.25) is 0 Å². The predicted octanol–water partition coefficient (Wildman–Crippen LogP) is 3.83. The van der Waals surface area contributed by atoms with E-state index in [2.05, 4.69) is 15.3 Å². The first-order valence-electron chi connectivity index (χ1n) is 8.56. The zero-order valence-corrected chi connectivity index (χ0v) is 15.6. The average Bonchev–Trinajstić information content (AvgIpc) is 3.02. The quantitative estimate of drug-likeness (QED) is 0.481. The summed E-state index contributed by atoms with van der Waals surface area (Å²) in [4.78, 5) is 11.3. The Kier molecular flexibility index (Phi) is 4.34. The number of nitrogens with one attached hydrogen (secondary N) is 2. The third-order valence-corrected chi connectivity index (χ3v) is 6.13. The summed E-state index contributed by atoms with van der Waals surface area (Å²) >= 11 is 1.73. The largest absolute Gasteiger partial charge is 0.398 e. The first-order chi connectivity index (χ1) is 12.6. The van der Waals surface area contributed by atoms with Crippen molar-refractivity contribution in [3.05, 3.63) is 40.0 Å². The van der Waals surface area contributed by atoms with Crippen LogP contribution in [0.3, 0.4) is 0 Å². The fraction of sp³-hybridized carbons (Fsp3) is 0.316. The van der Waals surface area contributed by atoms with Crippen molar-refractivity contribution in [2.75, 3.05) is 18.2 Å². The van der Waals surface area contributed by atoms with Gasteiger partial charge in [-0.05, 0) is 43.0 Å². The minimum atomic E-state index is 0.287. The molecule has 3 aromatic rings. The van der Waals surface area contributed by atoms with E-state index in [1.807, 2.05) is 19.1 Å². The molecule has 1 unspecified atom stereocenters. The lowest BCUT2D eigenvalue weighted by molar-refractivity contribution is 0.0922. The number of aromatic nitrogens is 2. The Morgan fingerprint density at radius 1 is 1.38 bits per heavy atom. The molecule has 7 heteroatoms. The third-order valence-electron chi connectivity index (χ3n) is 4.97. The second kappa shape index (κ2) is 6.66. The summed E-state index contributed by atoms with van der Waals surface area (Å²) in [6, 6.07) is 3.78. The Hall–Kier alpha value is -2.51. The van der Waals surface area contributed by atoms with Crippen LogP contribution in [0, 0.1) is 12.3 Å². The molecule has 4 rings (SSSR count). The van der Waals surface area contributed by atoms with Gasteiger partial charge in [0.1, 0.15) is 17.0 Å². The standard InChI is InChI=1S/C19H21N5OS/c1-10-5-14(21)11(8-20)6-15(10)24-18-17-13-4-3-12(25-2)7-16(13)26-19(17)23-9-22-18/h5-6,8-9,12,20H,3-4,7,21H2,1-2H3,(H,22,23,24). The Labute approximate surface area is 155 Å². The molecule has 0 bridgehead atoms. The summed E-state index contributed by atoms with van der Waals surface area (Å²) in [5.74, 6) is 0.812. The second-order valence-electron chi connectivity index (χ2n) is 6.57. The van der Waals surface area contributed by atoms with Crippen molar-refractivity contribution in [1.29, 1.82) is 5.41 Å². The van der Waals surface area contributed by atoms with E-state index < -0.39 is 0 Å². The summed E-state index contributed by atoms with van der Waals surface area (Å²) in [5, 5.41) is 12.1. The molecule has 0 amide bonds. The lowest BCUT2D eigenvalue weighted by Crippen LogP contribution is -2.19. The van der Waals surface area contributed by atoms with Crippen LogP contribution in [0.1, 0.15) is 28.0 Å². The van der Waals surface area contributed by atoms with Gasteiger partial charge in [-0.25, -0.2) is 9.97 Å². The number of anilines is 3. The van der Waals surface area contributed by atoms with Crippen LogP contribution in [-0.4, -0.2) is 29.4 Å². The third kappa shape index (κ3) is 2.83. The number of methoxy groups -OCH3 is 1. The van der Waals surface area contributed by atoms with Crippen LogP contribution in [-0.2, 0) is 17.6 Å². The molecule has 1 aliphatic rings. The van der Waals surface area contributed by atoms with Crippen LogP contribution in [0.4, 0.5) is 17.2 Å². The molecule has 1 atom stereocenters. The van der Waals surface area contributed by atoms with E-state index in [1.165, 1.54) is 16.7 Å². The Morgan fingerprint density at radius 3 is 3.00 bits per heavy atom. The van der Waals surface area contributed by atoms with E-state index >= 15 is 0 Å². The first-order valence-corrected chi connectivity index (χ1v) is 9.38. The highest BCUT2D eigenvalue weighted by Crippen LogP contribution is 2.39. The molecule has 0 spiro atoms. The van der Waals surface area contributed by atoms with E-state index in [1.54, 1.807) is 24.8 Å². The highest BCUT2D eigenvalue weighted by Gasteiger charge is 2.25. The molecule has 0 saturated heterocycles. The topological polar surface area (TPSA) is 96.9 Å². The maximum Gasteiger partial charge on any atom is 0.142 e. The average molecular weight is 367 g/mol. The molecule has 1 aliphatic carbocycles. The van der Waals surface area contributed by atoms with Gasteiger partial charge in [-0.15, -0.1) is 11.3 Å². The number of nitrogens with two attached hydrogens (primary N) is 1. The minimum Gasteiger partial charge on any atom is -0.398 e. The molecule has 0 fully saturated rings. The van der Waals surface area contributed by atoms with Gasteiger partial charge < -0.3 is 21.2 Å². The summed E-state index contributed by atoms with van der Waals surface area (Å²) < 4.78 is 5.54.